The third kappa shape index (κ3) is 3.67. The van der Waals surface area contributed by atoms with Crippen molar-refractivity contribution >= 4 is 21.6 Å². The van der Waals surface area contributed by atoms with Gasteiger partial charge in [0.1, 0.15) is 0 Å². The van der Waals surface area contributed by atoms with Gasteiger partial charge in [0.15, 0.2) is 11.5 Å². The average molecular weight is 346 g/mol. The summed E-state index contributed by atoms with van der Waals surface area (Å²) in [5.41, 5.74) is 0.962. The predicted molar refractivity (Wildman–Crippen MR) is 85.3 cm³/mol. The van der Waals surface area contributed by atoms with Crippen LogP contribution in [0.5, 0.6) is 11.5 Å². The molecule has 122 valence electrons. The maximum atomic E-state index is 11.8. The molecule has 0 spiro atoms. The molecule has 1 fully saturated rings. The summed E-state index contributed by atoms with van der Waals surface area (Å²) in [5.74, 6) is 1.24. The van der Waals surface area contributed by atoms with Crippen molar-refractivity contribution in [2.45, 2.75) is 31.7 Å². The lowest BCUT2D eigenvalue weighted by atomic mass is 10.1. The van der Waals surface area contributed by atoms with Crippen molar-refractivity contribution in [3.63, 3.8) is 0 Å². The van der Waals surface area contributed by atoms with Crippen LogP contribution in [-0.2, 0) is 16.4 Å². The van der Waals surface area contributed by atoms with Gasteiger partial charge in [-0.15, -0.1) is 0 Å². The fourth-order valence-corrected chi connectivity index (χ4v) is 4.11. The minimum Gasteiger partial charge on any atom is -0.489 e. The van der Waals surface area contributed by atoms with Crippen LogP contribution in [0.3, 0.4) is 0 Å². The minimum atomic E-state index is -3.16. The Balaban J connectivity index is 1.75. The lowest BCUT2D eigenvalue weighted by Crippen LogP contribution is -2.33. The molecule has 1 aliphatic carbocycles. The summed E-state index contributed by atoms with van der Waals surface area (Å²) in [6, 6.07) is 3.91. The Hall–Kier alpha value is -0.980. The van der Waals surface area contributed by atoms with Crippen molar-refractivity contribution in [3.8, 4) is 11.5 Å². The number of fused-ring (bicyclic) bond motifs is 1. The first-order valence-corrected chi connectivity index (χ1v) is 9.72. The number of halogens is 1. The molecule has 2 aliphatic rings. The molecule has 0 amide bonds. The summed E-state index contributed by atoms with van der Waals surface area (Å²) >= 11 is 6.26. The van der Waals surface area contributed by atoms with Gasteiger partial charge in [-0.2, -0.15) is 4.31 Å². The van der Waals surface area contributed by atoms with Crippen LogP contribution >= 0.6 is 11.6 Å². The molecule has 0 aromatic heterocycles. The number of rotatable bonds is 5. The van der Waals surface area contributed by atoms with E-state index in [1.165, 1.54) is 6.26 Å². The van der Waals surface area contributed by atoms with E-state index in [9.17, 15) is 8.42 Å². The first-order chi connectivity index (χ1) is 10.4. The summed E-state index contributed by atoms with van der Waals surface area (Å²) in [4.78, 5) is 0. The molecule has 0 saturated heterocycles. The molecule has 0 atom stereocenters. The van der Waals surface area contributed by atoms with Crippen molar-refractivity contribution < 1.29 is 17.9 Å². The van der Waals surface area contributed by atoms with Crippen molar-refractivity contribution in [1.29, 1.82) is 0 Å². The second-order valence-electron chi connectivity index (χ2n) is 5.81. The molecule has 1 aromatic carbocycles. The fourth-order valence-electron chi connectivity index (χ4n) is 2.65. The summed E-state index contributed by atoms with van der Waals surface area (Å²) < 4.78 is 36.5. The normalized spacial score (nSPS) is 18.3. The molecule has 22 heavy (non-hydrogen) atoms. The molecule has 0 N–H and O–H groups in total. The van der Waals surface area contributed by atoms with Gasteiger partial charge in [-0.05, 0) is 37.0 Å². The van der Waals surface area contributed by atoms with Gasteiger partial charge in [-0.3, -0.25) is 0 Å². The number of sulfonamides is 1. The lowest BCUT2D eigenvalue weighted by molar-refractivity contribution is 0.297. The van der Waals surface area contributed by atoms with Gasteiger partial charge < -0.3 is 9.47 Å². The van der Waals surface area contributed by atoms with Gasteiger partial charge >= 0.3 is 0 Å². The lowest BCUT2D eigenvalue weighted by Gasteiger charge is -2.19. The smallest absolute Gasteiger partial charge is 0.211 e. The predicted octanol–water partition coefficient (Wildman–Crippen LogP) is 2.47. The molecule has 1 aliphatic heterocycles. The first-order valence-electron chi connectivity index (χ1n) is 7.50. The van der Waals surface area contributed by atoms with Crippen molar-refractivity contribution in [2.24, 2.45) is 0 Å². The second-order valence-corrected chi connectivity index (χ2v) is 8.15. The second kappa shape index (κ2) is 6.26. The summed E-state index contributed by atoms with van der Waals surface area (Å²) in [5, 5.41) is 0.520. The third-order valence-electron chi connectivity index (χ3n) is 3.86. The van der Waals surface area contributed by atoms with Gasteiger partial charge in [0.2, 0.25) is 10.0 Å². The van der Waals surface area contributed by atoms with Crippen LogP contribution in [-0.4, -0.2) is 44.8 Å². The van der Waals surface area contributed by atoms with Crippen LogP contribution in [0.1, 0.15) is 24.8 Å². The Morgan fingerprint density at radius 1 is 1.27 bits per heavy atom. The zero-order valence-electron chi connectivity index (χ0n) is 12.5. The van der Waals surface area contributed by atoms with E-state index in [0.717, 1.165) is 24.8 Å². The van der Waals surface area contributed by atoms with Crippen LogP contribution < -0.4 is 9.47 Å². The largest absolute Gasteiger partial charge is 0.489 e. The van der Waals surface area contributed by atoms with Gasteiger partial charge in [0.05, 0.1) is 24.5 Å². The molecular weight excluding hydrogens is 326 g/mol. The molecular formula is C15H20ClNO4S. The Labute approximate surface area is 136 Å². The van der Waals surface area contributed by atoms with E-state index in [4.69, 9.17) is 21.1 Å². The van der Waals surface area contributed by atoms with E-state index in [0.29, 0.717) is 42.7 Å². The quantitative estimate of drug-likeness (QED) is 0.822. The van der Waals surface area contributed by atoms with Crippen LogP contribution in [0.2, 0.25) is 5.02 Å². The van der Waals surface area contributed by atoms with Gasteiger partial charge in [-0.1, -0.05) is 11.6 Å². The fraction of sp³-hybridized carbons (Fsp3) is 0.600. The van der Waals surface area contributed by atoms with Crippen LogP contribution in [0.25, 0.3) is 0 Å². The maximum Gasteiger partial charge on any atom is 0.211 e. The molecule has 0 bridgehead atoms. The van der Waals surface area contributed by atoms with Crippen LogP contribution in [0.15, 0.2) is 12.1 Å². The van der Waals surface area contributed by atoms with Gasteiger partial charge in [0.25, 0.3) is 0 Å². The summed E-state index contributed by atoms with van der Waals surface area (Å²) in [6.45, 7) is 1.67. The topological polar surface area (TPSA) is 55.8 Å². The zero-order valence-corrected chi connectivity index (χ0v) is 14.1. The van der Waals surface area contributed by atoms with Crippen molar-refractivity contribution in [2.75, 3.05) is 26.0 Å². The van der Waals surface area contributed by atoms with E-state index in [2.05, 4.69) is 0 Å². The highest BCUT2D eigenvalue weighted by atomic mass is 35.5. The van der Waals surface area contributed by atoms with E-state index < -0.39 is 10.0 Å². The molecule has 7 heteroatoms. The minimum absolute atomic E-state index is 0.172. The Kier molecular flexibility index (Phi) is 4.52. The van der Waals surface area contributed by atoms with E-state index in [1.807, 2.05) is 12.1 Å². The monoisotopic (exact) mass is 345 g/mol. The molecule has 3 rings (SSSR count). The number of ether oxygens (including phenoxy) is 2. The average Bonchev–Trinajstić information content (AvgIpc) is 3.23. The molecule has 0 unspecified atom stereocenters. The van der Waals surface area contributed by atoms with Crippen molar-refractivity contribution in [3.05, 3.63) is 22.7 Å². The number of benzene rings is 1. The molecule has 1 heterocycles. The Morgan fingerprint density at radius 2 is 2.00 bits per heavy atom. The molecule has 0 radical (unpaired) electrons. The van der Waals surface area contributed by atoms with Crippen LogP contribution in [0, 0.1) is 0 Å². The summed E-state index contributed by atoms with van der Waals surface area (Å²) in [6.07, 6.45) is 4.61. The molecule has 1 aromatic rings. The SMILES string of the molecule is CS(=O)(=O)N(CCc1cc(Cl)c2c(c1)OCCCO2)C1CC1. The number of nitrogens with zero attached hydrogens (tertiary/aromatic N) is 1. The number of hydrogen-bond donors (Lipinski definition) is 0. The van der Waals surface area contributed by atoms with Crippen molar-refractivity contribution in [1.82, 2.24) is 4.31 Å². The third-order valence-corrected chi connectivity index (χ3v) is 5.48. The molecule has 1 saturated carbocycles. The van der Waals surface area contributed by atoms with E-state index in [-0.39, 0.29) is 6.04 Å². The maximum absolute atomic E-state index is 11.8. The Morgan fingerprint density at radius 3 is 2.68 bits per heavy atom. The van der Waals surface area contributed by atoms with Gasteiger partial charge in [-0.25, -0.2) is 8.42 Å². The highest BCUT2D eigenvalue weighted by molar-refractivity contribution is 7.88. The summed E-state index contributed by atoms with van der Waals surface area (Å²) in [7, 11) is -3.16. The standard InChI is InChI=1S/C15H20ClNO4S/c1-22(18,19)17(12-3-4-12)6-5-11-9-13(16)15-14(10-11)20-7-2-8-21-15/h9-10,12H,2-8H2,1H3. The van der Waals surface area contributed by atoms with Gasteiger partial charge in [0, 0.05) is 19.0 Å². The molecule has 5 nitrogen and oxygen atoms in total. The zero-order chi connectivity index (χ0) is 15.7. The first kappa shape index (κ1) is 15.9. The highest BCUT2D eigenvalue weighted by Crippen LogP contribution is 2.38. The van der Waals surface area contributed by atoms with E-state index in [1.54, 1.807) is 4.31 Å². The Bertz CT molecular complexity index is 658. The van der Waals surface area contributed by atoms with E-state index >= 15 is 0 Å². The number of hydrogen-bond acceptors (Lipinski definition) is 4. The highest BCUT2D eigenvalue weighted by Gasteiger charge is 2.34. The van der Waals surface area contributed by atoms with Crippen LogP contribution in [0.4, 0.5) is 0 Å².